The molecular formula is C20H21N. The molecule has 0 fully saturated rings. The van der Waals surface area contributed by atoms with Crippen LogP contribution in [0, 0.1) is 0 Å². The lowest BCUT2D eigenvalue weighted by molar-refractivity contribution is 0.955. The van der Waals surface area contributed by atoms with Gasteiger partial charge in [0.2, 0.25) is 0 Å². The van der Waals surface area contributed by atoms with E-state index in [0.717, 1.165) is 13.1 Å². The molecule has 2 aromatic carbocycles. The number of hydrogen-bond donors (Lipinski definition) is 0. The number of nitrogens with zero attached hydrogens (tertiary/aromatic N) is 1. The minimum Gasteiger partial charge on any atom is -0.364 e. The highest BCUT2D eigenvalue weighted by molar-refractivity contribution is 5.77. The highest BCUT2D eigenvalue weighted by atomic mass is 15.1. The Bertz CT molecular complexity index is 601. The third-order valence-electron chi connectivity index (χ3n) is 3.23. The average Bonchev–Trinajstić information content (AvgIpc) is 2.54. The lowest BCUT2D eigenvalue weighted by Gasteiger charge is -2.23. The molecule has 0 unspecified atom stereocenters. The predicted octanol–water partition coefficient (Wildman–Crippen LogP) is 5.04. The van der Waals surface area contributed by atoms with Crippen molar-refractivity contribution in [1.82, 2.24) is 0 Å². The van der Waals surface area contributed by atoms with Gasteiger partial charge in [0.05, 0.1) is 0 Å². The van der Waals surface area contributed by atoms with E-state index in [1.807, 2.05) is 30.4 Å². The number of para-hydroxylation sites is 1. The zero-order valence-electron chi connectivity index (χ0n) is 12.3. The fourth-order valence-corrected chi connectivity index (χ4v) is 2.25. The molecule has 1 heteroatoms. The first kappa shape index (κ1) is 14.9. The van der Waals surface area contributed by atoms with Crippen molar-refractivity contribution in [3.05, 3.63) is 91.0 Å². The van der Waals surface area contributed by atoms with Crippen LogP contribution >= 0.6 is 0 Å². The molecule has 2 rings (SSSR count). The monoisotopic (exact) mass is 275 g/mol. The fourth-order valence-electron chi connectivity index (χ4n) is 2.25. The summed E-state index contributed by atoms with van der Waals surface area (Å²) in [5, 5.41) is 0. The van der Waals surface area contributed by atoms with Crippen molar-refractivity contribution in [3.63, 3.8) is 0 Å². The quantitative estimate of drug-likeness (QED) is 0.505. The molecule has 2 aromatic rings. The molecule has 0 heterocycles. The van der Waals surface area contributed by atoms with Gasteiger partial charge in [0.25, 0.3) is 0 Å². The van der Waals surface area contributed by atoms with Gasteiger partial charge >= 0.3 is 0 Å². The summed E-state index contributed by atoms with van der Waals surface area (Å²) in [5.41, 5.74) is 3.60. The van der Waals surface area contributed by atoms with Crippen molar-refractivity contribution in [2.24, 2.45) is 0 Å². The maximum atomic E-state index is 3.84. The summed E-state index contributed by atoms with van der Waals surface area (Å²) in [6.45, 7) is 9.29. The Kier molecular flexibility index (Phi) is 5.60. The lowest BCUT2D eigenvalue weighted by Crippen LogP contribution is -2.23. The lowest BCUT2D eigenvalue weighted by atomic mass is 10.1. The van der Waals surface area contributed by atoms with Crippen molar-refractivity contribution >= 4 is 17.8 Å². The number of anilines is 1. The van der Waals surface area contributed by atoms with Gasteiger partial charge < -0.3 is 4.90 Å². The number of hydrogen-bond acceptors (Lipinski definition) is 1. The second-order valence-corrected chi connectivity index (χ2v) is 4.79. The van der Waals surface area contributed by atoms with Crippen molar-refractivity contribution in [3.8, 4) is 0 Å². The summed E-state index contributed by atoms with van der Waals surface area (Å²) in [7, 11) is 0. The molecule has 0 N–H and O–H groups in total. The van der Waals surface area contributed by atoms with Crippen molar-refractivity contribution < 1.29 is 0 Å². The van der Waals surface area contributed by atoms with Crippen LogP contribution in [0.4, 0.5) is 5.69 Å². The van der Waals surface area contributed by atoms with Crippen LogP contribution in [0.25, 0.3) is 12.2 Å². The second-order valence-electron chi connectivity index (χ2n) is 4.79. The van der Waals surface area contributed by atoms with Crippen LogP contribution in [0.15, 0.2) is 79.9 Å². The van der Waals surface area contributed by atoms with Gasteiger partial charge in [-0.15, -0.1) is 13.2 Å². The molecule has 0 aliphatic carbocycles. The molecule has 0 aromatic heterocycles. The number of benzene rings is 2. The van der Waals surface area contributed by atoms with Gasteiger partial charge in [-0.1, -0.05) is 72.8 Å². The fraction of sp³-hybridized carbons (Fsp3) is 0.100. The van der Waals surface area contributed by atoms with E-state index >= 15 is 0 Å². The van der Waals surface area contributed by atoms with Crippen molar-refractivity contribution in [1.29, 1.82) is 0 Å². The van der Waals surface area contributed by atoms with Gasteiger partial charge in [0, 0.05) is 18.8 Å². The van der Waals surface area contributed by atoms with Crippen LogP contribution in [-0.2, 0) is 0 Å². The molecule has 0 saturated carbocycles. The zero-order valence-corrected chi connectivity index (χ0v) is 12.3. The topological polar surface area (TPSA) is 3.24 Å². The summed E-state index contributed by atoms with van der Waals surface area (Å²) in [6, 6.07) is 18.7. The Labute approximate surface area is 127 Å². The van der Waals surface area contributed by atoms with Crippen LogP contribution in [0.5, 0.6) is 0 Å². The van der Waals surface area contributed by atoms with Crippen molar-refractivity contribution in [2.75, 3.05) is 18.0 Å². The normalized spacial score (nSPS) is 10.5. The van der Waals surface area contributed by atoms with Gasteiger partial charge in [0.15, 0.2) is 0 Å². The zero-order chi connectivity index (χ0) is 14.9. The molecule has 0 aliphatic heterocycles. The summed E-state index contributed by atoms with van der Waals surface area (Å²) in [6.07, 6.45) is 8.13. The number of rotatable bonds is 7. The summed E-state index contributed by atoms with van der Waals surface area (Å²) >= 11 is 0. The average molecular weight is 275 g/mol. The van der Waals surface area contributed by atoms with E-state index < -0.39 is 0 Å². The van der Waals surface area contributed by atoms with E-state index in [1.165, 1.54) is 16.8 Å². The minimum atomic E-state index is 0.808. The molecule has 0 amide bonds. The van der Waals surface area contributed by atoms with Crippen LogP contribution < -0.4 is 4.90 Å². The van der Waals surface area contributed by atoms with E-state index in [-0.39, 0.29) is 0 Å². The summed E-state index contributed by atoms with van der Waals surface area (Å²) in [4.78, 5) is 2.25. The Morgan fingerprint density at radius 1 is 0.762 bits per heavy atom. The maximum Gasteiger partial charge on any atom is 0.0445 e. The van der Waals surface area contributed by atoms with Gasteiger partial charge in [-0.3, -0.25) is 0 Å². The molecular weight excluding hydrogens is 254 g/mol. The van der Waals surface area contributed by atoms with E-state index in [4.69, 9.17) is 0 Å². The molecule has 0 atom stereocenters. The first-order chi connectivity index (χ1) is 10.3. The molecule has 0 radical (unpaired) electrons. The summed E-state index contributed by atoms with van der Waals surface area (Å²) in [5.74, 6) is 0. The SMILES string of the molecule is C=CCN(CC=C)c1ccccc1/C=C/c1ccccc1. The molecule has 0 bridgehead atoms. The van der Waals surface area contributed by atoms with Crippen molar-refractivity contribution in [2.45, 2.75) is 0 Å². The van der Waals surface area contributed by atoms with Gasteiger partial charge in [-0.25, -0.2) is 0 Å². The smallest absolute Gasteiger partial charge is 0.0445 e. The Morgan fingerprint density at radius 2 is 1.38 bits per heavy atom. The Morgan fingerprint density at radius 3 is 2.05 bits per heavy atom. The highest BCUT2D eigenvalue weighted by Gasteiger charge is 2.06. The highest BCUT2D eigenvalue weighted by Crippen LogP contribution is 2.22. The third-order valence-corrected chi connectivity index (χ3v) is 3.23. The van der Waals surface area contributed by atoms with Crippen LogP contribution in [0.2, 0.25) is 0 Å². The van der Waals surface area contributed by atoms with E-state index in [1.54, 1.807) is 0 Å². The summed E-state index contributed by atoms with van der Waals surface area (Å²) < 4.78 is 0. The maximum absolute atomic E-state index is 3.84. The Hall–Kier alpha value is -2.54. The molecule has 0 spiro atoms. The largest absolute Gasteiger partial charge is 0.364 e. The van der Waals surface area contributed by atoms with E-state index in [2.05, 4.69) is 66.6 Å². The molecule has 0 saturated heterocycles. The van der Waals surface area contributed by atoms with E-state index in [0.29, 0.717) is 0 Å². The van der Waals surface area contributed by atoms with Crippen LogP contribution in [0.1, 0.15) is 11.1 Å². The first-order valence-electron chi connectivity index (χ1n) is 7.14. The molecule has 0 aliphatic rings. The Balaban J connectivity index is 2.29. The molecule has 1 nitrogen and oxygen atoms in total. The molecule has 21 heavy (non-hydrogen) atoms. The standard InChI is InChI=1S/C20H21N/c1-3-16-21(17-4-2)20-13-9-8-12-19(20)15-14-18-10-6-5-7-11-18/h3-15H,1-2,16-17H2/b15-14+. The van der Waals surface area contributed by atoms with Gasteiger partial charge in [-0.2, -0.15) is 0 Å². The minimum absolute atomic E-state index is 0.808. The second kappa shape index (κ2) is 7.91. The van der Waals surface area contributed by atoms with Gasteiger partial charge in [0.1, 0.15) is 0 Å². The molecule has 106 valence electrons. The first-order valence-corrected chi connectivity index (χ1v) is 7.14. The van der Waals surface area contributed by atoms with E-state index in [9.17, 15) is 0 Å². The third kappa shape index (κ3) is 4.22. The van der Waals surface area contributed by atoms with Crippen LogP contribution in [-0.4, -0.2) is 13.1 Å². The van der Waals surface area contributed by atoms with Gasteiger partial charge in [-0.05, 0) is 17.2 Å². The predicted molar refractivity (Wildman–Crippen MR) is 94.4 cm³/mol. The van der Waals surface area contributed by atoms with Crippen LogP contribution in [0.3, 0.4) is 0 Å².